The fourth-order valence-corrected chi connectivity index (χ4v) is 2.22. The molecule has 0 unspecified atom stereocenters. The maximum Gasteiger partial charge on any atom is 0.240 e. The third kappa shape index (κ3) is 2.81. The van der Waals surface area contributed by atoms with Gasteiger partial charge in [-0.15, -0.1) is 0 Å². The Morgan fingerprint density at radius 3 is 2.38 bits per heavy atom. The number of sulfonamides is 1. The lowest BCUT2D eigenvalue weighted by Gasteiger charge is -2.11. The van der Waals surface area contributed by atoms with Gasteiger partial charge in [0, 0.05) is 0 Å². The van der Waals surface area contributed by atoms with E-state index in [0.29, 0.717) is 5.56 Å². The molecule has 1 rings (SSSR count). The molecule has 4 nitrogen and oxygen atoms in total. The van der Waals surface area contributed by atoms with Crippen molar-refractivity contribution >= 4 is 10.0 Å². The van der Waals surface area contributed by atoms with Crippen LogP contribution in [0.1, 0.15) is 30.9 Å². The number of aliphatic hydroxyl groups is 1. The molecule has 1 aromatic carbocycles. The van der Waals surface area contributed by atoms with Gasteiger partial charge in [0.25, 0.3) is 0 Å². The van der Waals surface area contributed by atoms with Crippen molar-refractivity contribution in [2.24, 2.45) is 0 Å². The van der Waals surface area contributed by atoms with Crippen LogP contribution >= 0.6 is 0 Å². The third-order valence-electron chi connectivity index (χ3n) is 2.42. The van der Waals surface area contributed by atoms with Gasteiger partial charge >= 0.3 is 0 Å². The molecule has 0 aromatic heterocycles. The molecule has 0 aliphatic carbocycles. The molecule has 5 heteroatoms. The number of aliphatic hydroxyl groups excluding tert-OH is 1. The summed E-state index contributed by atoms with van der Waals surface area (Å²) in [6.07, 6.45) is 0. The van der Waals surface area contributed by atoms with Crippen LogP contribution in [0.3, 0.4) is 0 Å². The number of rotatable bonds is 4. The van der Waals surface area contributed by atoms with Crippen LogP contribution in [0.25, 0.3) is 0 Å². The normalized spacial score (nSPS) is 12.1. The first kappa shape index (κ1) is 13.2. The fraction of sp³-hybridized carbons (Fsp3) is 0.455. The Bertz CT molecular complexity index is 466. The molecule has 0 radical (unpaired) electrons. The van der Waals surface area contributed by atoms with Gasteiger partial charge in [0.2, 0.25) is 10.0 Å². The van der Waals surface area contributed by atoms with Crippen LogP contribution in [0.15, 0.2) is 23.1 Å². The molecular weight excluding hydrogens is 226 g/mol. The molecule has 0 saturated heterocycles. The van der Waals surface area contributed by atoms with E-state index in [4.69, 9.17) is 5.11 Å². The van der Waals surface area contributed by atoms with Crippen LogP contribution in [-0.4, -0.2) is 20.6 Å². The first-order valence-corrected chi connectivity index (χ1v) is 6.57. The van der Waals surface area contributed by atoms with Crippen LogP contribution in [-0.2, 0) is 16.6 Å². The average Bonchev–Trinajstić information content (AvgIpc) is 2.28. The van der Waals surface area contributed by atoms with Gasteiger partial charge in [0.1, 0.15) is 0 Å². The van der Waals surface area contributed by atoms with Crippen molar-refractivity contribution in [3.8, 4) is 0 Å². The lowest BCUT2D eigenvalue weighted by molar-refractivity contribution is 0.281. The van der Waals surface area contributed by atoms with Gasteiger partial charge in [0.05, 0.1) is 11.5 Å². The second-order valence-electron chi connectivity index (χ2n) is 3.93. The molecule has 0 heterocycles. The molecule has 0 spiro atoms. The van der Waals surface area contributed by atoms with E-state index in [1.807, 2.05) is 19.9 Å². The van der Waals surface area contributed by atoms with Gasteiger partial charge in [-0.05, 0) is 36.2 Å². The lowest BCUT2D eigenvalue weighted by Crippen LogP contribution is -2.19. The Labute approximate surface area is 96.4 Å². The maximum absolute atomic E-state index is 11.7. The SMILES string of the molecule is CNS(=O)(=O)c1cc(CO)cc(C(C)C)c1. The highest BCUT2D eigenvalue weighted by atomic mass is 32.2. The van der Waals surface area contributed by atoms with E-state index in [-0.39, 0.29) is 17.4 Å². The minimum Gasteiger partial charge on any atom is -0.392 e. The molecule has 2 N–H and O–H groups in total. The van der Waals surface area contributed by atoms with Gasteiger partial charge in [0.15, 0.2) is 0 Å². The van der Waals surface area contributed by atoms with E-state index < -0.39 is 10.0 Å². The predicted octanol–water partition coefficient (Wildman–Crippen LogP) is 1.21. The zero-order valence-corrected chi connectivity index (χ0v) is 10.5. The highest BCUT2D eigenvalue weighted by Gasteiger charge is 2.14. The van der Waals surface area contributed by atoms with Crippen LogP contribution in [0, 0.1) is 0 Å². The van der Waals surface area contributed by atoms with Crippen molar-refractivity contribution in [2.75, 3.05) is 7.05 Å². The summed E-state index contributed by atoms with van der Waals surface area (Å²) in [7, 11) is -2.08. The predicted molar refractivity (Wildman–Crippen MR) is 62.7 cm³/mol. The number of benzene rings is 1. The van der Waals surface area contributed by atoms with Crippen molar-refractivity contribution in [3.05, 3.63) is 29.3 Å². The van der Waals surface area contributed by atoms with Crippen LogP contribution in [0.2, 0.25) is 0 Å². The summed E-state index contributed by atoms with van der Waals surface area (Å²) >= 11 is 0. The molecular formula is C11H17NO3S. The molecule has 1 aromatic rings. The zero-order chi connectivity index (χ0) is 12.3. The van der Waals surface area contributed by atoms with Gasteiger partial charge in [-0.1, -0.05) is 19.9 Å². The summed E-state index contributed by atoms with van der Waals surface area (Å²) in [5.74, 6) is 0.220. The molecule has 0 bridgehead atoms. The van der Waals surface area contributed by atoms with Gasteiger partial charge in [-0.25, -0.2) is 13.1 Å². The zero-order valence-electron chi connectivity index (χ0n) is 9.69. The summed E-state index contributed by atoms with van der Waals surface area (Å²) in [5, 5.41) is 9.09. The van der Waals surface area contributed by atoms with Crippen molar-refractivity contribution < 1.29 is 13.5 Å². The topological polar surface area (TPSA) is 66.4 Å². The Morgan fingerprint density at radius 2 is 1.94 bits per heavy atom. The van der Waals surface area contributed by atoms with E-state index in [9.17, 15) is 8.42 Å². The van der Waals surface area contributed by atoms with E-state index in [1.165, 1.54) is 13.1 Å². The second kappa shape index (κ2) is 4.95. The van der Waals surface area contributed by atoms with Gasteiger partial charge in [-0.3, -0.25) is 0 Å². The largest absolute Gasteiger partial charge is 0.392 e. The summed E-state index contributed by atoms with van der Waals surface area (Å²) in [4.78, 5) is 0.199. The minimum atomic E-state index is -3.45. The fourth-order valence-electron chi connectivity index (χ4n) is 1.38. The van der Waals surface area contributed by atoms with E-state index >= 15 is 0 Å². The Balaban J connectivity index is 3.36. The lowest BCUT2D eigenvalue weighted by atomic mass is 10.0. The molecule has 0 saturated carbocycles. The minimum absolute atomic E-state index is 0.160. The van der Waals surface area contributed by atoms with Crippen molar-refractivity contribution in [1.82, 2.24) is 4.72 Å². The number of nitrogens with one attached hydrogen (secondary N) is 1. The van der Waals surface area contributed by atoms with Crippen molar-refractivity contribution in [3.63, 3.8) is 0 Å². The summed E-state index contributed by atoms with van der Waals surface area (Å²) in [5.41, 5.74) is 1.51. The Hall–Kier alpha value is -0.910. The second-order valence-corrected chi connectivity index (χ2v) is 5.82. The Morgan fingerprint density at radius 1 is 1.31 bits per heavy atom. The van der Waals surface area contributed by atoms with Gasteiger partial charge in [-0.2, -0.15) is 0 Å². The Kier molecular flexibility index (Phi) is 4.07. The maximum atomic E-state index is 11.7. The summed E-state index contributed by atoms with van der Waals surface area (Å²) in [6.45, 7) is 3.80. The highest BCUT2D eigenvalue weighted by molar-refractivity contribution is 7.89. The van der Waals surface area contributed by atoms with E-state index in [1.54, 1.807) is 6.07 Å². The van der Waals surface area contributed by atoms with Crippen molar-refractivity contribution in [2.45, 2.75) is 31.3 Å². The molecule has 16 heavy (non-hydrogen) atoms. The summed E-state index contributed by atoms with van der Waals surface area (Å²) < 4.78 is 25.6. The third-order valence-corrected chi connectivity index (χ3v) is 3.81. The average molecular weight is 243 g/mol. The van der Waals surface area contributed by atoms with Gasteiger partial charge < -0.3 is 5.11 Å². The first-order valence-electron chi connectivity index (χ1n) is 5.09. The molecule has 0 aliphatic heterocycles. The molecule has 0 amide bonds. The van der Waals surface area contributed by atoms with E-state index in [0.717, 1.165) is 5.56 Å². The number of hydrogen-bond acceptors (Lipinski definition) is 3. The van der Waals surface area contributed by atoms with Crippen molar-refractivity contribution in [1.29, 1.82) is 0 Å². The molecule has 0 atom stereocenters. The quantitative estimate of drug-likeness (QED) is 0.835. The van der Waals surface area contributed by atoms with Crippen LogP contribution in [0.5, 0.6) is 0 Å². The molecule has 0 aliphatic rings. The van der Waals surface area contributed by atoms with Crippen LogP contribution in [0.4, 0.5) is 0 Å². The molecule has 0 fully saturated rings. The number of hydrogen-bond donors (Lipinski definition) is 2. The molecule has 90 valence electrons. The van der Waals surface area contributed by atoms with Crippen LogP contribution < -0.4 is 4.72 Å². The monoisotopic (exact) mass is 243 g/mol. The highest BCUT2D eigenvalue weighted by Crippen LogP contribution is 2.21. The standard InChI is InChI=1S/C11H17NO3S/c1-8(2)10-4-9(7-13)5-11(6-10)16(14,15)12-3/h4-6,8,12-13H,7H2,1-3H3. The van der Waals surface area contributed by atoms with E-state index in [2.05, 4.69) is 4.72 Å². The summed E-state index contributed by atoms with van der Waals surface area (Å²) in [6, 6.07) is 4.94. The smallest absolute Gasteiger partial charge is 0.240 e. The first-order chi connectivity index (χ1) is 7.40.